The normalized spacial score (nSPS) is 20.0. The van der Waals surface area contributed by atoms with Crippen LogP contribution in [0.5, 0.6) is 0 Å². The standard InChI is InChI=1S/C16H21N3O3/c1-2-3-4-5-13-10-15(13)16(20)18-17-11-12-6-8-14(9-7-12)19(21)22/h6-9,11,13,15H,2-5,10H2,1H3,(H,18,20)/b17-11-/t13-,15-/m1/s1. The average molecular weight is 303 g/mol. The third-order valence-corrected chi connectivity index (χ3v) is 3.93. The molecule has 0 unspecified atom stereocenters. The van der Waals surface area contributed by atoms with Crippen molar-refractivity contribution in [2.75, 3.05) is 0 Å². The molecule has 0 heterocycles. The molecule has 0 radical (unpaired) electrons. The number of hydrazone groups is 1. The number of hydrogen-bond donors (Lipinski definition) is 1. The number of nitro benzene ring substituents is 1. The smallest absolute Gasteiger partial charge is 0.269 e. The Morgan fingerprint density at radius 1 is 1.41 bits per heavy atom. The van der Waals surface area contributed by atoms with E-state index < -0.39 is 4.92 Å². The lowest BCUT2D eigenvalue weighted by Gasteiger charge is -1.99. The van der Waals surface area contributed by atoms with Gasteiger partial charge in [0.25, 0.3) is 5.69 Å². The van der Waals surface area contributed by atoms with Crippen LogP contribution in [0.15, 0.2) is 29.4 Å². The van der Waals surface area contributed by atoms with Gasteiger partial charge in [-0.2, -0.15) is 5.10 Å². The summed E-state index contributed by atoms with van der Waals surface area (Å²) in [5.41, 5.74) is 3.29. The molecule has 1 aliphatic carbocycles. The van der Waals surface area contributed by atoms with Gasteiger partial charge in [0.05, 0.1) is 11.1 Å². The van der Waals surface area contributed by atoms with Crippen molar-refractivity contribution in [3.63, 3.8) is 0 Å². The van der Waals surface area contributed by atoms with E-state index in [4.69, 9.17) is 0 Å². The highest BCUT2D eigenvalue weighted by atomic mass is 16.6. The van der Waals surface area contributed by atoms with Crippen molar-refractivity contribution in [2.24, 2.45) is 16.9 Å². The number of nitrogens with zero attached hydrogens (tertiary/aromatic N) is 2. The van der Waals surface area contributed by atoms with Crippen LogP contribution in [0.4, 0.5) is 5.69 Å². The molecule has 2 atom stereocenters. The lowest BCUT2D eigenvalue weighted by molar-refractivity contribution is -0.384. The Labute approximate surface area is 129 Å². The number of carbonyl (C=O) groups excluding carboxylic acids is 1. The molecule has 0 bridgehead atoms. The number of hydrogen-bond acceptors (Lipinski definition) is 4. The van der Waals surface area contributed by atoms with E-state index in [1.807, 2.05) is 0 Å². The van der Waals surface area contributed by atoms with Crippen molar-refractivity contribution >= 4 is 17.8 Å². The number of benzene rings is 1. The van der Waals surface area contributed by atoms with E-state index in [2.05, 4.69) is 17.5 Å². The second kappa shape index (κ2) is 7.68. The minimum Gasteiger partial charge on any atom is -0.273 e. The lowest BCUT2D eigenvalue weighted by atomic mass is 10.1. The van der Waals surface area contributed by atoms with Gasteiger partial charge in [0.1, 0.15) is 0 Å². The van der Waals surface area contributed by atoms with Gasteiger partial charge in [0.2, 0.25) is 5.91 Å². The van der Waals surface area contributed by atoms with Crippen LogP contribution in [0.3, 0.4) is 0 Å². The van der Waals surface area contributed by atoms with Gasteiger partial charge < -0.3 is 0 Å². The van der Waals surface area contributed by atoms with E-state index >= 15 is 0 Å². The highest BCUT2D eigenvalue weighted by molar-refractivity contribution is 5.84. The minimum absolute atomic E-state index is 0.0281. The predicted molar refractivity (Wildman–Crippen MR) is 84.6 cm³/mol. The number of non-ortho nitro benzene ring substituents is 1. The van der Waals surface area contributed by atoms with Crippen molar-refractivity contribution in [3.05, 3.63) is 39.9 Å². The molecule has 1 aromatic rings. The molecule has 0 saturated heterocycles. The second-order valence-corrected chi connectivity index (χ2v) is 5.68. The Kier molecular flexibility index (Phi) is 5.63. The number of unbranched alkanes of at least 4 members (excludes halogenated alkanes) is 2. The van der Waals surface area contributed by atoms with E-state index in [1.165, 1.54) is 37.6 Å². The summed E-state index contributed by atoms with van der Waals surface area (Å²) in [6, 6.07) is 6.01. The number of amides is 1. The van der Waals surface area contributed by atoms with Crippen LogP contribution < -0.4 is 5.43 Å². The molecule has 0 aliphatic heterocycles. The number of nitrogens with one attached hydrogen (secondary N) is 1. The number of nitro groups is 1. The third kappa shape index (κ3) is 4.65. The molecule has 22 heavy (non-hydrogen) atoms. The van der Waals surface area contributed by atoms with Crippen LogP contribution in [0.25, 0.3) is 0 Å². The van der Waals surface area contributed by atoms with Crippen LogP contribution in [-0.4, -0.2) is 17.0 Å². The van der Waals surface area contributed by atoms with Crippen LogP contribution in [0.1, 0.15) is 44.6 Å². The monoisotopic (exact) mass is 303 g/mol. The summed E-state index contributed by atoms with van der Waals surface area (Å²) in [5.74, 6) is 0.589. The molecule has 1 N–H and O–H groups in total. The van der Waals surface area contributed by atoms with Gasteiger partial charge >= 0.3 is 0 Å². The van der Waals surface area contributed by atoms with Gasteiger partial charge in [0, 0.05) is 18.1 Å². The summed E-state index contributed by atoms with van der Waals surface area (Å²) < 4.78 is 0. The van der Waals surface area contributed by atoms with Crippen molar-refractivity contribution in [2.45, 2.75) is 39.0 Å². The summed E-state index contributed by atoms with van der Waals surface area (Å²) in [6.07, 6.45) is 7.19. The first kappa shape index (κ1) is 16.1. The largest absolute Gasteiger partial charge is 0.273 e. The fourth-order valence-electron chi connectivity index (χ4n) is 2.48. The Balaban J connectivity index is 1.73. The zero-order chi connectivity index (χ0) is 15.9. The molecule has 118 valence electrons. The second-order valence-electron chi connectivity index (χ2n) is 5.68. The zero-order valence-corrected chi connectivity index (χ0v) is 12.7. The van der Waals surface area contributed by atoms with E-state index in [0.29, 0.717) is 11.5 Å². The maximum absolute atomic E-state index is 11.9. The average Bonchev–Trinajstić information content (AvgIpc) is 3.27. The summed E-state index contributed by atoms with van der Waals surface area (Å²) >= 11 is 0. The molecule has 6 nitrogen and oxygen atoms in total. The lowest BCUT2D eigenvalue weighted by Crippen LogP contribution is -2.20. The Morgan fingerprint density at radius 3 is 2.77 bits per heavy atom. The van der Waals surface area contributed by atoms with Crippen molar-refractivity contribution in [3.8, 4) is 0 Å². The van der Waals surface area contributed by atoms with Gasteiger partial charge in [-0.3, -0.25) is 14.9 Å². The Hall–Kier alpha value is -2.24. The predicted octanol–water partition coefficient (Wildman–Crippen LogP) is 3.26. The first-order valence-electron chi connectivity index (χ1n) is 7.69. The topological polar surface area (TPSA) is 84.6 Å². The quantitative estimate of drug-likeness (QED) is 0.346. The van der Waals surface area contributed by atoms with E-state index in [9.17, 15) is 14.9 Å². The molecule has 2 rings (SSSR count). The molecular formula is C16H21N3O3. The van der Waals surface area contributed by atoms with Gasteiger partial charge in [-0.25, -0.2) is 5.43 Å². The molecular weight excluding hydrogens is 282 g/mol. The van der Waals surface area contributed by atoms with Crippen LogP contribution in [0, 0.1) is 22.0 Å². The van der Waals surface area contributed by atoms with E-state index in [0.717, 1.165) is 12.8 Å². The summed E-state index contributed by atoms with van der Waals surface area (Å²) in [4.78, 5) is 22.0. The zero-order valence-electron chi connectivity index (χ0n) is 12.7. The van der Waals surface area contributed by atoms with Gasteiger partial charge in [-0.15, -0.1) is 0 Å². The molecule has 1 saturated carbocycles. The number of carbonyl (C=O) groups is 1. The van der Waals surface area contributed by atoms with Crippen molar-refractivity contribution in [1.82, 2.24) is 5.43 Å². The molecule has 0 spiro atoms. The van der Waals surface area contributed by atoms with Crippen LogP contribution in [0.2, 0.25) is 0 Å². The number of rotatable bonds is 8. The SMILES string of the molecule is CCCCC[C@@H]1C[C@H]1C(=O)N/N=C\c1ccc([N+](=O)[O-])cc1. The van der Waals surface area contributed by atoms with Gasteiger partial charge in [-0.1, -0.05) is 26.2 Å². The third-order valence-electron chi connectivity index (χ3n) is 3.93. The molecule has 1 aromatic carbocycles. The molecule has 1 amide bonds. The summed E-state index contributed by atoms with van der Waals surface area (Å²) in [5, 5.41) is 14.5. The highest BCUT2D eigenvalue weighted by Crippen LogP contribution is 2.42. The summed E-state index contributed by atoms with van der Waals surface area (Å²) in [7, 11) is 0. The molecule has 1 aliphatic rings. The first-order valence-corrected chi connectivity index (χ1v) is 7.69. The Bertz CT molecular complexity index is 554. The first-order chi connectivity index (χ1) is 10.6. The van der Waals surface area contributed by atoms with Crippen molar-refractivity contribution in [1.29, 1.82) is 0 Å². The fourth-order valence-corrected chi connectivity index (χ4v) is 2.48. The maximum Gasteiger partial charge on any atom is 0.269 e. The van der Waals surface area contributed by atoms with Gasteiger partial charge in [-0.05, 0) is 36.5 Å². The molecule has 0 aromatic heterocycles. The van der Waals surface area contributed by atoms with Crippen LogP contribution >= 0.6 is 0 Å². The Morgan fingerprint density at radius 2 is 2.14 bits per heavy atom. The highest BCUT2D eigenvalue weighted by Gasteiger charge is 2.41. The maximum atomic E-state index is 11.9. The van der Waals surface area contributed by atoms with Crippen molar-refractivity contribution < 1.29 is 9.72 Å². The fraction of sp³-hybridized carbons (Fsp3) is 0.500. The van der Waals surface area contributed by atoms with Crippen LogP contribution in [-0.2, 0) is 4.79 Å². The van der Waals surface area contributed by atoms with E-state index in [1.54, 1.807) is 12.1 Å². The van der Waals surface area contributed by atoms with E-state index in [-0.39, 0.29) is 17.5 Å². The van der Waals surface area contributed by atoms with Gasteiger partial charge in [0.15, 0.2) is 0 Å². The molecule has 1 fully saturated rings. The minimum atomic E-state index is -0.450. The summed E-state index contributed by atoms with van der Waals surface area (Å²) in [6.45, 7) is 2.17. The molecule has 6 heteroatoms.